The number of morpholine rings is 1. The highest BCUT2D eigenvalue weighted by Crippen LogP contribution is 2.38. The van der Waals surface area contributed by atoms with Crippen molar-refractivity contribution < 1.29 is 9.47 Å². The van der Waals surface area contributed by atoms with Gasteiger partial charge in [-0.05, 0) is 20.0 Å². The molecule has 4 heterocycles. The summed E-state index contributed by atoms with van der Waals surface area (Å²) < 4.78 is 11.2. The minimum Gasteiger partial charge on any atom is -0.378 e. The number of nitrogens with zero attached hydrogens (tertiary/aromatic N) is 4. The van der Waals surface area contributed by atoms with E-state index in [0.29, 0.717) is 6.61 Å². The van der Waals surface area contributed by atoms with Crippen LogP contribution in [0.2, 0.25) is 0 Å². The fourth-order valence-electron chi connectivity index (χ4n) is 3.69. The Bertz CT molecular complexity index is 532. The van der Waals surface area contributed by atoms with Crippen molar-refractivity contribution in [2.75, 3.05) is 57.9 Å². The van der Waals surface area contributed by atoms with Crippen LogP contribution in [0.3, 0.4) is 0 Å². The molecule has 0 aliphatic carbocycles. The van der Waals surface area contributed by atoms with Crippen molar-refractivity contribution in [3.8, 4) is 0 Å². The second-order valence-corrected chi connectivity index (χ2v) is 6.40. The number of fused-ring (bicyclic) bond motifs is 2. The minimum absolute atomic E-state index is 0.0618. The average Bonchev–Trinajstić information content (AvgIpc) is 2.90. The van der Waals surface area contributed by atoms with Crippen LogP contribution in [0.25, 0.3) is 0 Å². The summed E-state index contributed by atoms with van der Waals surface area (Å²) in [6.07, 6.45) is 3.09. The van der Waals surface area contributed by atoms with Crippen molar-refractivity contribution in [1.29, 1.82) is 0 Å². The lowest BCUT2D eigenvalue weighted by Gasteiger charge is -2.35. The Morgan fingerprint density at radius 3 is 2.81 bits per heavy atom. The van der Waals surface area contributed by atoms with Crippen molar-refractivity contribution in [2.45, 2.75) is 18.4 Å². The molecule has 0 unspecified atom stereocenters. The van der Waals surface area contributed by atoms with Gasteiger partial charge in [0.1, 0.15) is 0 Å². The molecule has 1 spiro atoms. The molecule has 3 aliphatic rings. The molecular formula is C15H22N4O2. The fourth-order valence-corrected chi connectivity index (χ4v) is 3.69. The summed E-state index contributed by atoms with van der Waals surface area (Å²) in [5.74, 6) is 0.855. The molecule has 114 valence electrons. The Hall–Kier alpha value is -1.24. The normalized spacial score (nSPS) is 29.9. The van der Waals surface area contributed by atoms with Crippen molar-refractivity contribution in [2.24, 2.45) is 0 Å². The van der Waals surface area contributed by atoms with E-state index in [9.17, 15) is 0 Å². The van der Waals surface area contributed by atoms with Crippen molar-refractivity contribution >= 4 is 5.95 Å². The Morgan fingerprint density at radius 2 is 2.05 bits per heavy atom. The maximum Gasteiger partial charge on any atom is 0.225 e. The predicted octanol–water partition coefficient (Wildman–Crippen LogP) is 0.417. The summed E-state index contributed by atoms with van der Waals surface area (Å²) in [5, 5.41) is 0. The SMILES string of the molecule is CN1CC[C@@]2(COCc3cnc(N4CCOCC4)nc32)C1. The van der Waals surface area contributed by atoms with Crippen LogP contribution in [0.1, 0.15) is 17.7 Å². The van der Waals surface area contributed by atoms with Crippen molar-refractivity contribution in [3.05, 3.63) is 17.5 Å². The molecule has 0 N–H and O–H groups in total. The second kappa shape index (κ2) is 5.19. The van der Waals surface area contributed by atoms with Crippen molar-refractivity contribution in [3.63, 3.8) is 0 Å². The third kappa shape index (κ3) is 2.31. The van der Waals surface area contributed by atoms with E-state index < -0.39 is 0 Å². The highest BCUT2D eigenvalue weighted by atomic mass is 16.5. The van der Waals surface area contributed by atoms with Gasteiger partial charge in [-0.3, -0.25) is 0 Å². The van der Waals surface area contributed by atoms with Gasteiger partial charge in [0, 0.05) is 31.4 Å². The third-order valence-corrected chi connectivity index (χ3v) is 4.83. The molecule has 3 aliphatic heterocycles. The number of rotatable bonds is 1. The topological polar surface area (TPSA) is 50.7 Å². The molecule has 0 amide bonds. The molecule has 1 atom stereocenters. The average molecular weight is 290 g/mol. The molecule has 1 aromatic rings. The minimum atomic E-state index is 0.0618. The van der Waals surface area contributed by atoms with E-state index in [1.807, 2.05) is 6.20 Å². The number of likely N-dealkylation sites (tertiary alicyclic amines) is 1. The Balaban J connectivity index is 1.70. The number of ether oxygens (including phenoxy) is 2. The van der Waals surface area contributed by atoms with Gasteiger partial charge in [-0.15, -0.1) is 0 Å². The first-order valence-electron chi connectivity index (χ1n) is 7.72. The smallest absolute Gasteiger partial charge is 0.225 e. The Morgan fingerprint density at radius 1 is 1.19 bits per heavy atom. The summed E-state index contributed by atoms with van der Waals surface area (Å²) in [6, 6.07) is 0. The van der Waals surface area contributed by atoms with Gasteiger partial charge < -0.3 is 19.3 Å². The first-order valence-corrected chi connectivity index (χ1v) is 7.72. The standard InChI is InChI=1S/C15H22N4O2/c1-18-3-2-15(10-18)11-21-9-12-8-16-14(17-13(12)15)19-4-6-20-7-5-19/h8H,2-7,9-11H2,1H3/t15-/m0/s1. The molecule has 0 bridgehead atoms. The van der Waals surface area contributed by atoms with Gasteiger partial charge in [0.15, 0.2) is 0 Å². The van der Waals surface area contributed by atoms with E-state index in [-0.39, 0.29) is 5.41 Å². The van der Waals surface area contributed by atoms with Gasteiger partial charge in [-0.25, -0.2) is 9.97 Å². The quantitative estimate of drug-likeness (QED) is 0.747. The highest BCUT2D eigenvalue weighted by Gasteiger charge is 2.44. The number of anilines is 1. The van der Waals surface area contributed by atoms with Crippen LogP contribution in [-0.2, 0) is 21.5 Å². The molecule has 21 heavy (non-hydrogen) atoms. The molecule has 0 saturated carbocycles. The molecule has 1 aromatic heterocycles. The Kier molecular flexibility index (Phi) is 3.32. The molecule has 0 radical (unpaired) electrons. The molecule has 0 aromatic carbocycles. The number of aromatic nitrogens is 2. The van der Waals surface area contributed by atoms with Gasteiger partial charge >= 0.3 is 0 Å². The molecule has 6 heteroatoms. The lowest BCUT2D eigenvalue weighted by molar-refractivity contribution is 0.0515. The van der Waals surface area contributed by atoms with E-state index >= 15 is 0 Å². The van der Waals surface area contributed by atoms with Crippen LogP contribution in [0, 0.1) is 0 Å². The van der Waals surface area contributed by atoms with E-state index in [4.69, 9.17) is 14.5 Å². The van der Waals surface area contributed by atoms with Crippen LogP contribution in [0.5, 0.6) is 0 Å². The van der Waals surface area contributed by atoms with Gasteiger partial charge in [-0.1, -0.05) is 0 Å². The van der Waals surface area contributed by atoms with Crippen LogP contribution in [-0.4, -0.2) is 67.9 Å². The van der Waals surface area contributed by atoms with E-state index in [1.165, 1.54) is 5.69 Å². The van der Waals surface area contributed by atoms with Gasteiger partial charge in [0.2, 0.25) is 5.95 Å². The van der Waals surface area contributed by atoms with Crippen LogP contribution >= 0.6 is 0 Å². The number of likely N-dealkylation sites (N-methyl/N-ethyl adjacent to an activating group) is 1. The molecule has 4 rings (SSSR count). The zero-order valence-electron chi connectivity index (χ0n) is 12.5. The summed E-state index contributed by atoms with van der Waals surface area (Å²) in [5.41, 5.74) is 2.44. The predicted molar refractivity (Wildman–Crippen MR) is 78.5 cm³/mol. The largest absolute Gasteiger partial charge is 0.378 e. The van der Waals surface area contributed by atoms with Crippen LogP contribution in [0.15, 0.2) is 6.20 Å². The van der Waals surface area contributed by atoms with Crippen molar-refractivity contribution in [1.82, 2.24) is 14.9 Å². The van der Waals surface area contributed by atoms with Gasteiger partial charge in [0.05, 0.1) is 37.5 Å². The van der Waals surface area contributed by atoms with Crippen LogP contribution in [0.4, 0.5) is 5.95 Å². The molecule has 6 nitrogen and oxygen atoms in total. The first-order chi connectivity index (χ1) is 10.3. The summed E-state index contributed by atoms with van der Waals surface area (Å²) in [6.45, 7) is 6.84. The zero-order valence-corrected chi connectivity index (χ0v) is 12.5. The highest BCUT2D eigenvalue weighted by molar-refractivity contribution is 5.38. The lowest BCUT2D eigenvalue weighted by Crippen LogP contribution is -2.42. The third-order valence-electron chi connectivity index (χ3n) is 4.83. The maximum atomic E-state index is 5.83. The second-order valence-electron chi connectivity index (χ2n) is 6.40. The monoisotopic (exact) mass is 290 g/mol. The first kappa shape index (κ1) is 13.4. The van der Waals surface area contributed by atoms with Gasteiger partial charge in [0.25, 0.3) is 0 Å². The van der Waals surface area contributed by atoms with Crippen LogP contribution < -0.4 is 4.90 Å². The number of hydrogen-bond donors (Lipinski definition) is 0. The van der Waals surface area contributed by atoms with E-state index in [0.717, 1.165) is 63.9 Å². The zero-order chi connectivity index (χ0) is 14.3. The summed E-state index contributed by atoms with van der Waals surface area (Å²) in [4.78, 5) is 14.1. The fraction of sp³-hybridized carbons (Fsp3) is 0.733. The lowest BCUT2D eigenvalue weighted by atomic mass is 9.81. The maximum absolute atomic E-state index is 5.83. The summed E-state index contributed by atoms with van der Waals surface area (Å²) >= 11 is 0. The Labute approximate surface area is 125 Å². The van der Waals surface area contributed by atoms with Gasteiger partial charge in [-0.2, -0.15) is 0 Å². The summed E-state index contributed by atoms with van der Waals surface area (Å²) in [7, 11) is 2.17. The molecule has 2 fully saturated rings. The number of hydrogen-bond acceptors (Lipinski definition) is 6. The molecular weight excluding hydrogens is 268 g/mol. The van der Waals surface area contributed by atoms with E-state index in [2.05, 4.69) is 21.8 Å². The van der Waals surface area contributed by atoms with E-state index in [1.54, 1.807) is 0 Å². The molecule has 2 saturated heterocycles.